The van der Waals surface area contributed by atoms with Gasteiger partial charge in [-0.25, -0.2) is 4.79 Å². The summed E-state index contributed by atoms with van der Waals surface area (Å²) in [4.78, 5) is 87.0. The highest BCUT2D eigenvalue weighted by atomic mass is 32.2. The van der Waals surface area contributed by atoms with E-state index in [1.54, 1.807) is 0 Å². The van der Waals surface area contributed by atoms with E-state index < -0.39 is 78.5 Å². The number of rotatable bonds is 29. The number of hydrogen-bond donors (Lipinski definition) is 6. The topological polar surface area (TPSA) is 264 Å². The van der Waals surface area contributed by atoms with Gasteiger partial charge in [0.05, 0.1) is 12.0 Å². The number of carboxylic acid groups (broad SMARTS) is 2. The Labute approximate surface area is 408 Å². The molecule has 8 N–H and O–H groups in total. The molecule has 1 aliphatic carbocycles. The molecule has 3 rings (SSSR count). The second-order valence-electron chi connectivity index (χ2n) is 20.4. The summed E-state index contributed by atoms with van der Waals surface area (Å²) in [6.07, 6.45) is 14.1. The molecular formula is C51H82N4O12S. The minimum absolute atomic E-state index is 0.0465. The molecule has 1 heterocycles. The van der Waals surface area contributed by atoms with Crippen molar-refractivity contribution >= 4 is 53.4 Å². The van der Waals surface area contributed by atoms with Crippen molar-refractivity contribution in [3.63, 3.8) is 0 Å². The number of benzene rings is 1. The van der Waals surface area contributed by atoms with Crippen LogP contribution in [0, 0.1) is 56.3 Å². The largest absolute Gasteiger partial charge is 0.487 e. The third-order valence-electron chi connectivity index (χ3n) is 13.9. The fourth-order valence-electron chi connectivity index (χ4n) is 9.11. The third-order valence-corrected chi connectivity index (χ3v) is 15.1. The lowest BCUT2D eigenvalue weighted by Gasteiger charge is -2.38. The molecule has 1 saturated carbocycles. The Hall–Kier alpha value is -4.22. The van der Waals surface area contributed by atoms with Crippen molar-refractivity contribution in [2.45, 2.75) is 182 Å². The van der Waals surface area contributed by atoms with Gasteiger partial charge < -0.3 is 46.5 Å². The first-order valence-electron chi connectivity index (χ1n) is 24.9. The maximum Gasteiger partial charge on any atom is 0.333 e. The molecule has 17 heteroatoms. The lowest BCUT2D eigenvalue weighted by molar-refractivity contribution is -0.159. The highest BCUT2D eigenvalue weighted by molar-refractivity contribution is 7.99. The van der Waals surface area contributed by atoms with Gasteiger partial charge in [0.25, 0.3) is 0 Å². The van der Waals surface area contributed by atoms with Gasteiger partial charge in [-0.1, -0.05) is 72.6 Å². The van der Waals surface area contributed by atoms with Crippen LogP contribution in [0.4, 0.5) is 0 Å². The minimum atomic E-state index is -1.30. The Morgan fingerprint density at radius 3 is 1.99 bits per heavy atom. The second-order valence-corrected chi connectivity index (χ2v) is 21.5. The average molecular weight is 975 g/mol. The van der Waals surface area contributed by atoms with Gasteiger partial charge >= 0.3 is 29.8 Å². The van der Waals surface area contributed by atoms with Gasteiger partial charge in [-0.3, -0.25) is 28.8 Å². The van der Waals surface area contributed by atoms with Crippen molar-refractivity contribution in [3.8, 4) is 11.5 Å². The summed E-state index contributed by atoms with van der Waals surface area (Å²) in [6.45, 7) is 16.9. The predicted molar refractivity (Wildman–Crippen MR) is 262 cm³/mol. The van der Waals surface area contributed by atoms with Crippen LogP contribution < -0.4 is 31.6 Å². The molecular weight excluding hydrogens is 893 g/mol. The van der Waals surface area contributed by atoms with E-state index in [1.807, 2.05) is 20.8 Å². The van der Waals surface area contributed by atoms with E-state index in [4.69, 9.17) is 26.0 Å². The summed E-state index contributed by atoms with van der Waals surface area (Å²) in [6, 6.07) is -2.47. The Balaban J connectivity index is 1.63. The molecule has 1 fully saturated rings. The van der Waals surface area contributed by atoms with Crippen molar-refractivity contribution < 1.29 is 58.0 Å². The second kappa shape index (κ2) is 28.4. The Kier molecular flexibility index (Phi) is 24.3. The van der Waals surface area contributed by atoms with Crippen LogP contribution in [0.3, 0.4) is 0 Å². The number of esters is 3. The number of amides is 2. The van der Waals surface area contributed by atoms with Crippen LogP contribution in [0.25, 0.3) is 0 Å². The predicted octanol–water partition coefficient (Wildman–Crippen LogP) is 7.10. The zero-order valence-corrected chi connectivity index (χ0v) is 42.8. The first kappa shape index (κ1) is 58.1. The molecule has 384 valence electrons. The number of ether oxygens (including phenoxy) is 3. The van der Waals surface area contributed by atoms with Gasteiger partial charge in [0, 0.05) is 30.0 Å². The van der Waals surface area contributed by atoms with Crippen molar-refractivity contribution in [2.24, 2.45) is 47.0 Å². The number of hydrogen-bond acceptors (Lipinski definition) is 13. The number of fused-ring (bicyclic) bond motifs is 1. The van der Waals surface area contributed by atoms with E-state index in [9.17, 15) is 38.7 Å². The molecule has 1 aromatic carbocycles. The van der Waals surface area contributed by atoms with Crippen molar-refractivity contribution in [1.29, 1.82) is 0 Å². The Bertz CT molecular complexity index is 1880. The quantitative estimate of drug-likeness (QED) is 0.0266. The van der Waals surface area contributed by atoms with E-state index in [0.29, 0.717) is 37.4 Å². The highest BCUT2D eigenvalue weighted by Gasteiger charge is 2.37. The lowest BCUT2D eigenvalue weighted by atomic mass is 9.82. The lowest BCUT2D eigenvalue weighted by Crippen LogP contribution is -2.45. The molecule has 0 aromatic heterocycles. The van der Waals surface area contributed by atoms with Crippen molar-refractivity contribution in [2.75, 3.05) is 24.6 Å². The molecule has 0 spiro atoms. The Morgan fingerprint density at radius 1 is 0.765 bits per heavy atom. The summed E-state index contributed by atoms with van der Waals surface area (Å²) in [7, 11) is 0. The molecule has 4 unspecified atom stereocenters. The van der Waals surface area contributed by atoms with Crippen molar-refractivity contribution in [3.05, 3.63) is 22.3 Å². The van der Waals surface area contributed by atoms with E-state index >= 15 is 0 Å². The van der Waals surface area contributed by atoms with E-state index in [-0.39, 0.29) is 36.0 Å². The molecule has 1 aliphatic heterocycles. The van der Waals surface area contributed by atoms with Crippen LogP contribution in [0.15, 0.2) is 0 Å². The van der Waals surface area contributed by atoms with E-state index in [1.165, 1.54) is 38.5 Å². The van der Waals surface area contributed by atoms with E-state index in [2.05, 4.69) is 50.0 Å². The third kappa shape index (κ3) is 19.3. The molecule has 2 aliphatic rings. The standard InChI is InChI=1S/C51H82N4O12S/c1-30(2)12-9-13-31(3)14-10-15-32(4)16-11-24-51(8)25-23-38-35(7)44(33(5)34(6)45(38)67-51)66-50(64)39(46(58)54-26-36-17-19-37(20-18-36)48(60)61)28-68-29-41(53)47(59)55-27-43(57)65-42(56)22-21-40(52)49(62)63/h30-32,36-37,39-41H,9-29,52-53H2,1-8H3,(H,54,58)(H,55,59)(H,60,61)(H,62,63)/t31?,32?,36?,37?,39?,40-,41-,51?/m0/s1. The first-order valence-corrected chi connectivity index (χ1v) is 26.0. The van der Waals surface area contributed by atoms with Gasteiger partial charge in [0.15, 0.2) is 0 Å². The van der Waals surface area contributed by atoms with Gasteiger partial charge in [0.1, 0.15) is 35.6 Å². The number of nitrogens with one attached hydrogen (secondary N) is 2. The molecule has 1 aromatic rings. The number of aliphatic carboxylic acids is 2. The Morgan fingerprint density at radius 2 is 1.38 bits per heavy atom. The fraction of sp³-hybridized carbons (Fsp3) is 0.745. The smallest absolute Gasteiger partial charge is 0.333 e. The number of thioether (sulfide) groups is 1. The number of carbonyl (C=O) groups is 7. The minimum Gasteiger partial charge on any atom is -0.487 e. The molecule has 68 heavy (non-hydrogen) atoms. The molecule has 2 amide bonds. The van der Waals surface area contributed by atoms with Gasteiger partial charge in [0.2, 0.25) is 11.8 Å². The van der Waals surface area contributed by atoms with Gasteiger partial charge in [-0.2, -0.15) is 11.8 Å². The molecule has 6 atom stereocenters. The van der Waals surface area contributed by atoms with Gasteiger partial charge in [-0.05, 0) is 126 Å². The monoisotopic (exact) mass is 975 g/mol. The molecule has 0 saturated heterocycles. The SMILES string of the molecule is Cc1c(C)c2c(c(C)c1OC(=O)C(CSC[C@H](N)C(=O)NCC(=O)OC(=O)CC[C@H](N)C(=O)O)C(=O)NCC1CCC(C(=O)O)CC1)CCC(C)(CCCC(C)CCCC(C)CCCC(C)C)O2. The van der Waals surface area contributed by atoms with Crippen LogP contribution >= 0.6 is 11.8 Å². The molecule has 0 bridgehead atoms. The summed E-state index contributed by atoms with van der Waals surface area (Å²) < 4.78 is 17.6. The molecule has 0 radical (unpaired) electrons. The summed E-state index contributed by atoms with van der Waals surface area (Å²) in [5, 5.41) is 23.5. The maximum absolute atomic E-state index is 14.1. The van der Waals surface area contributed by atoms with Gasteiger partial charge in [-0.15, -0.1) is 0 Å². The van der Waals surface area contributed by atoms with Crippen LogP contribution in [-0.4, -0.2) is 94.2 Å². The summed E-state index contributed by atoms with van der Waals surface area (Å²) >= 11 is 1.07. The first-order chi connectivity index (χ1) is 32.0. The number of carboxylic acids is 2. The number of carbonyl (C=O) groups excluding carboxylic acids is 5. The van der Waals surface area contributed by atoms with E-state index in [0.717, 1.165) is 83.7 Å². The number of nitrogens with two attached hydrogens (primary N) is 2. The maximum atomic E-state index is 14.1. The van der Waals surface area contributed by atoms with Crippen molar-refractivity contribution in [1.82, 2.24) is 10.6 Å². The summed E-state index contributed by atoms with van der Waals surface area (Å²) in [5.74, 6) is -4.69. The average Bonchev–Trinajstić information content (AvgIpc) is 3.28. The van der Waals surface area contributed by atoms with Crippen LogP contribution in [0.2, 0.25) is 0 Å². The van der Waals surface area contributed by atoms with Crippen LogP contribution in [-0.2, 0) is 44.7 Å². The van der Waals surface area contributed by atoms with Crippen LogP contribution in [0.1, 0.15) is 160 Å². The van der Waals surface area contributed by atoms with Crippen LogP contribution in [0.5, 0.6) is 11.5 Å². The summed E-state index contributed by atoms with van der Waals surface area (Å²) in [5.41, 5.74) is 14.5. The normalized spacial score (nSPS) is 20.2. The zero-order valence-electron chi connectivity index (χ0n) is 42.0. The highest BCUT2D eigenvalue weighted by Crippen LogP contribution is 2.45. The fourth-order valence-corrected chi connectivity index (χ4v) is 10.2. The zero-order chi connectivity index (χ0) is 50.7. The molecule has 16 nitrogen and oxygen atoms in total.